The molecule has 0 bridgehead atoms. The van der Waals surface area contributed by atoms with E-state index >= 15 is 0 Å². The number of hydrogen-bond donors (Lipinski definition) is 11. The number of aliphatic hydroxyl groups excluding tert-OH is 11. The van der Waals surface area contributed by atoms with Crippen molar-refractivity contribution in [2.45, 2.75) is 79.7 Å². The van der Waals surface area contributed by atoms with Crippen molar-refractivity contribution in [2.24, 2.45) is 0 Å². The summed E-state index contributed by atoms with van der Waals surface area (Å²) in [6.45, 7) is -2.78. The van der Waals surface area contributed by atoms with Gasteiger partial charge in [-0.1, -0.05) is 0 Å². The molecule has 0 aromatic rings. The number of rotatable bonds is 10. The molecule has 0 saturated carbocycles. The first-order chi connectivity index (χ1) is 15.0. The van der Waals surface area contributed by atoms with Crippen molar-refractivity contribution in [1.82, 2.24) is 0 Å². The summed E-state index contributed by atoms with van der Waals surface area (Å²) < 4.78 is 20.8. The summed E-state index contributed by atoms with van der Waals surface area (Å²) in [5.74, 6) is 0. The lowest BCUT2D eigenvalue weighted by atomic mass is 9.98. The first kappa shape index (κ1) is 27.6. The van der Waals surface area contributed by atoms with Crippen LogP contribution in [0.5, 0.6) is 0 Å². The highest BCUT2D eigenvalue weighted by molar-refractivity contribution is 4.91. The molecule has 0 aromatic heterocycles. The zero-order chi connectivity index (χ0) is 24.2. The van der Waals surface area contributed by atoms with E-state index in [1.54, 1.807) is 0 Å². The molecule has 2 rings (SSSR count). The Morgan fingerprint density at radius 3 is 1.66 bits per heavy atom. The summed E-state index contributed by atoms with van der Waals surface area (Å²) in [5.41, 5.74) is 0. The molecule has 2 aliphatic heterocycles. The minimum Gasteiger partial charge on any atom is -0.394 e. The van der Waals surface area contributed by atoms with Gasteiger partial charge in [0.1, 0.15) is 67.1 Å². The van der Waals surface area contributed by atoms with Crippen molar-refractivity contribution in [3.63, 3.8) is 0 Å². The summed E-state index contributed by atoms with van der Waals surface area (Å²) in [6.07, 6.45) is -21.2. The van der Waals surface area contributed by atoms with Gasteiger partial charge in [0, 0.05) is 0 Å². The van der Waals surface area contributed by atoms with Gasteiger partial charge in [0.05, 0.1) is 26.4 Å². The van der Waals surface area contributed by atoms with Gasteiger partial charge in [-0.25, -0.2) is 0 Å². The van der Waals surface area contributed by atoms with Crippen molar-refractivity contribution in [2.75, 3.05) is 26.4 Å². The smallest absolute Gasteiger partial charge is 0.186 e. The van der Waals surface area contributed by atoms with Crippen molar-refractivity contribution in [3.05, 3.63) is 0 Å². The second-order valence-corrected chi connectivity index (χ2v) is 7.69. The molecule has 2 saturated heterocycles. The first-order valence-corrected chi connectivity index (χ1v) is 9.91. The molecular formula is C17H32O15. The monoisotopic (exact) mass is 476 g/mol. The summed E-state index contributed by atoms with van der Waals surface area (Å²) in [5, 5.41) is 106. The van der Waals surface area contributed by atoms with Gasteiger partial charge < -0.3 is 75.1 Å². The molecule has 0 amide bonds. The molecule has 4 unspecified atom stereocenters. The lowest BCUT2D eigenvalue weighted by Gasteiger charge is -2.42. The maximum atomic E-state index is 10.1. The van der Waals surface area contributed by atoms with Gasteiger partial charge in [-0.05, 0) is 0 Å². The minimum absolute atomic E-state index is 0.568. The average molecular weight is 476 g/mol. The highest BCUT2D eigenvalue weighted by Gasteiger charge is 2.47. The van der Waals surface area contributed by atoms with Crippen LogP contribution in [0.1, 0.15) is 0 Å². The van der Waals surface area contributed by atoms with Crippen LogP contribution in [0.2, 0.25) is 0 Å². The van der Waals surface area contributed by atoms with E-state index in [0.29, 0.717) is 0 Å². The Balaban J connectivity index is 1.95. The molecule has 0 aliphatic carbocycles. The molecular weight excluding hydrogens is 444 g/mol. The molecule has 0 aromatic carbocycles. The molecule has 2 aliphatic rings. The van der Waals surface area contributed by atoms with Crippen molar-refractivity contribution in [3.8, 4) is 0 Å². The largest absolute Gasteiger partial charge is 0.394 e. The third kappa shape index (κ3) is 6.29. The second-order valence-electron chi connectivity index (χ2n) is 7.69. The summed E-state index contributed by atoms with van der Waals surface area (Å²) >= 11 is 0. The molecule has 13 atom stereocenters. The number of aliphatic hydroxyl groups is 11. The topological polar surface area (TPSA) is 259 Å². The molecule has 11 N–H and O–H groups in total. The molecule has 2 heterocycles. The highest BCUT2D eigenvalue weighted by atomic mass is 16.7. The molecule has 0 radical (unpaired) electrons. The van der Waals surface area contributed by atoms with E-state index < -0.39 is 106 Å². The van der Waals surface area contributed by atoms with Gasteiger partial charge in [-0.2, -0.15) is 0 Å². The average Bonchev–Trinajstić information content (AvgIpc) is 2.79. The van der Waals surface area contributed by atoms with Crippen LogP contribution in [0, 0.1) is 0 Å². The van der Waals surface area contributed by atoms with E-state index in [4.69, 9.17) is 24.1 Å². The highest BCUT2D eigenvalue weighted by Crippen LogP contribution is 2.26. The maximum Gasteiger partial charge on any atom is 0.186 e. The van der Waals surface area contributed by atoms with Crippen LogP contribution in [-0.2, 0) is 18.9 Å². The van der Waals surface area contributed by atoms with Crippen LogP contribution in [0.15, 0.2) is 0 Å². The van der Waals surface area contributed by atoms with E-state index in [-0.39, 0.29) is 0 Å². The van der Waals surface area contributed by atoms with Crippen LogP contribution < -0.4 is 0 Å². The van der Waals surface area contributed by atoms with Crippen molar-refractivity contribution < 1.29 is 75.1 Å². The lowest BCUT2D eigenvalue weighted by Crippen LogP contribution is -2.62. The quantitative estimate of drug-likeness (QED) is 0.140. The van der Waals surface area contributed by atoms with Crippen molar-refractivity contribution >= 4 is 0 Å². The normalized spacial score (nSPS) is 43.6. The fourth-order valence-corrected chi connectivity index (χ4v) is 3.24. The molecule has 2 fully saturated rings. The van der Waals surface area contributed by atoms with E-state index in [9.17, 15) is 51.1 Å². The fraction of sp³-hybridized carbons (Fsp3) is 1.00. The van der Waals surface area contributed by atoms with Crippen LogP contribution in [0.3, 0.4) is 0 Å². The van der Waals surface area contributed by atoms with Crippen LogP contribution in [-0.4, -0.2) is 162 Å². The molecule has 32 heavy (non-hydrogen) atoms. The third-order valence-electron chi connectivity index (χ3n) is 5.35. The van der Waals surface area contributed by atoms with Gasteiger partial charge >= 0.3 is 0 Å². The van der Waals surface area contributed by atoms with Crippen molar-refractivity contribution in [1.29, 1.82) is 0 Å². The van der Waals surface area contributed by atoms with E-state index in [1.165, 1.54) is 0 Å². The maximum absolute atomic E-state index is 10.1. The minimum atomic E-state index is -1.79. The van der Waals surface area contributed by atoms with E-state index in [2.05, 4.69) is 0 Å². The van der Waals surface area contributed by atoms with Gasteiger partial charge in [0.25, 0.3) is 0 Å². The second kappa shape index (κ2) is 12.2. The van der Waals surface area contributed by atoms with Crippen LogP contribution in [0.25, 0.3) is 0 Å². The fourth-order valence-electron chi connectivity index (χ4n) is 3.24. The summed E-state index contributed by atoms with van der Waals surface area (Å²) in [6, 6.07) is 0. The van der Waals surface area contributed by atoms with E-state index in [1.807, 2.05) is 0 Å². The predicted octanol–water partition coefficient (Wildman–Crippen LogP) is -7.30. The van der Waals surface area contributed by atoms with Gasteiger partial charge in [-0.15, -0.1) is 0 Å². The van der Waals surface area contributed by atoms with Gasteiger partial charge in [0.15, 0.2) is 12.6 Å². The Labute approximate surface area is 182 Å². The number of ether oxygens (including phenoxy) is 4. The zero-order valence-corrected chi connectivity index (χ0v) is 16.9. The predicted molar refractivity (Wildman–Crippen MR) is 97.5 cm³/mol. The van der Waals surface area contributed by atoms with Crippen LogP contribution in [0.4, 0.5) is 0 Å². The summed E-state index contributed by atoms with van der Waals surface area (Å²) in [4.78, 5) is 0. The standard InChI is InChI=1S/C17H32O15/c18-1-5(20)9(22)6(21)3-29-16-15(28)13(26)11(24)8(32-16)4-30-17-14(27)12(25)10(23)7(2-19)31-17/h5-28H,1-4H2/t5-,6-,7-,8-,9+,10?,11-,12?,13+,14?,15?,16+,17+/m1/s1. The Kier molecular flexibility index (Phi) is 10.5. The van der Waals surface area contributed by atoms with Gasteiger partial charge in [0.2, 0.25) is 0 Å². The summed E-state index contributed by atoms with van der Waals surface area (Å²) in [7, 11) is 0. The van der Waals surface area contributed by atoms with Gasteiger partial charge in [-0.3, -0.25) is 0 Å². The molecule has 15 heteroatoms. The molecule has 0 spiro atoms. The molecule has 190 valence electrons. The Morgan fingerprint density at radius 1 is 0.625 bits per heavy atom. The first-order valence-electron chi connectivity index (χ1n) is 9.91. The lowest BCUT2D eigenvalue weighted by molar-refractivity contribution is -0.333. The third-order valence-corrected chi connectivity index (χ3v) is 5.35. The zero-order valence-electron chi connectivity index (χ0n) is 16.9. The molecule has 15 nitrogen and oxygen atoms in total. The Hall–Kier alpha value is -0.600. The SMILES string of the molecule is OC[C@@H](O)[C@H](O)[C@H](O)CO[C@H]1O[C@H](CO[C@H]2O[C@H](CO)C(O)C(O)C2O)[C@@H](O)[C@H](O)C1O. The van der Waals surface area contributed by atoms with Crippen LogP contribution >= 0.6 is 0 Å². The van der Waals surface area contributed by atoms with E-state index in [0.717, 1.165) is 0 Å². The number of hydrogen-bond acceptors (Lipinski definition) is 15. The Bertz CT molecular complexity index is 552. The Morgan fingerprint density at radius 2 is 1.12 bits per heavy atom.